The summed E-state index contributed by atoms with van der Waals surface area (Å²) in [5.74, 6) is -0.738. The second-order valence-corrected chi connectivity index (χ2v) is 3.50. The van der Waals surface area contributed by atoms with Gasteiger partial charge in [-0.05, 0) is 20.3 Å². The van der Waals surface area contributed by atoms with Crippen LogP contribution in [0.15, 0.2) is 12.8 Å². The SMILES string of the molecule is C=COC(C)(COC(C)C)OC[CH]C. The highest BCUT2D eigenvalue weighted by atomic mass is 16.7. The van der Waals surface area contributed by atoms with Crippen LogP contribution in [0.25, 0.3) is 0 Å². The Labute approximate surface area is 87.0 Å². The van der Waals surface area contributed by atoms with Crippen molar-refractivity contribution in [1.29, 1.82) is 0 Å². The van der Waals surface area contributed by atoms with Crippen LogP contribution in [-0.2, 0) is 14.2 Å². The second-order valence-electron chi connectivity index (χ2n) is 3.50. The van der Waals surface area contributed by atoms with Gasteiger partial charge in [-0.25, -0.2) is 0 Å². The third kappa shape index (κ3) is 6.00. The fraction of sp³-hybridized carbons (Fsp3) is 0.727. The fourth-order valence-corrected chi connectivity index (χ4v) is 0.864. The molecular formula is C11H21O3. The average molecular weight is 201 g/mol. The molecule has 0 saturated carbocycles. The Morgan fingerprint density at radius 1 is 1.43 bits per heavy atom. The summed E-state index contributed by atoms with van der Waals surface area (Å²) in [5, 5.41) is 0. The first-order valence-electron chi connectivity index (χ1n) is 4.86. The molecule has 3 heteroatoms. The molecule has 0 aliphatic carbocycles. The molecule has 0 N–H and O–H groups in total. The van der Waals surface area contributed by atoms with Gasteiger partial charge in [0.2, 0.25) is 5.79 Å². The molecule has 1 atom stereocenters. The summed E-state index contributed by atoms with van der Waals surface area (Å²) < 4.78 is 16.2. The summed E-state index contributed by atoms with van der Waals surface area (Å²) in [6.07, 6.45) is 3.45. The van der Waals surface area contributed by atoms with Gasteiger partial charge in [-0.2, -0.15) is 0 Å². The maximum Gasteiger partial charge on any atom is 0.230 e. The lowest BCUT2D eigenvalue weighted by molar-refractivity contribution is -0.224. The van der Waals surface area contributed by atoms with Crippen LogP contribution in [0.4, 0.5) is 0 Å². The van der Waals surface area contributed by atoms with E-state index in [9.17, 15) is 0 Å². The van der Waals surface area contributed by atoms with Crippen LogP contribution in [0.2, 0.25) is 0 Å². The predicted molar refractivity (Wildman–Crippen MR) is 56.7 cm³/mol. The molecule has 0 saturated heterocycles. The molecule has 3 nitrogen and oxygen atoms in total. The molecule has 0 aromatic carbocycles. The summed E-state index contributed by atoms with van der Waals surface area (Å²) in [6, 6.07) is 0. The molecule has 0 aromatic heterocycles. The standard InChI is InChI=1S/C11H21O3/c1-6-8-14-11(5,13-7-2)9-12-10(3)4/h6-7,10H,2,8-9H2,1,3-5H3. The van der Waals surface area contributed by atoms with Crippen LogP contribution in [0, 0.1) is 6.42 Å². The van der Waals surface area contributed by atoms with E-state index in [1.54, 1.807) is 0 Å². The van der Waals surface area contributed by atoms with E-state index in [-0.39, 0.29) is 6.10 Å². The summed E-state index contributed by atoms with van der Waals surface area (Å²) in [7, 11) is 0. The molecule has 0 spiro atoms. The molecule has 0 bridgehead atoms. The van der Waals surface area contributed by atoms with E-state index >= 15 is 0 Å². The monoisotopic (exact) mass is 201 g/mol. The maximum atomic E-state index is 5.50. The van der Waals surface area contributed by atoms with Gasteiger partial charge in [0, 0.05) is 6.92 Å². The smallest absolute Gasteiger partial charge is 0.230 e. The molecular weight excluding hydrogens is 180 g/mol. The van der Waals surface area contributed by atoms with Crippen molar-refractivity contribution in [2.45, 2.75) is 39.6 Å². The van der Waals surface area contributed by atoms with Crippen LogP contribution in [-0.4, -0.2) is 25.1 Å². The quantitative estimate of drug-likeness (QED) is 0.446. The average Bonchev–Trinajstić information content (AvgIpc) is 2.13. The van der Waals surface area contributed by atoms with Gasteiger partial charge in [0.15, 0.2) is 0 Å². The molecule has 0 fully saturated rings. The molecule has 0 rings (SSSR count). The molecule has 0 aliphatic rings. The van der Waals surface area contributed by atoms with Crippen molar-refractivity contribution in [1.82, 2.24) is 0 Å². The van der Waals surface area contributed by atoms with Crippen molar-refractivity contribution in [2.75, 3.05) is 13.2 Å². The van der Waals surface area contributed by atoms with Gasteiger partial charge in [0.05, 0.1) is 19.0 Å². The number of ether oxygens (including phenoxy) is 3. The van der Waals surface area contributed by atoms with E-state index < -0.39 is 5.79 Å². The van der Waals surface area contributed by atoms with Crippen molar-refractivity contribution in [3.63, 3.8) is 0 Å². The molecule has 83 valence electrons. The van der Waals surface area contributed by atoms with E-state index in [2.05, 4.69) is 6.58 Å². The Hall–Kier alpha value is -0.540. The van der Waals surface area contributed by atoms with Crippen molar-refractivity contribution >= 4 is 0 Å². The zero-order valence-electron chi connectivity index (χ0n) is 9.58. The van der Waals surface area contributed by atoms with E-state index in [4.69, 9.17) is 14.2 Å². The van der Waals surface area contributed by atoms with E-state index in [0.717, 1.165) is 0 Å². The van der Waals surface area contributed by atoms with E-state index in [1.165, 1.54) is 6.26 Å². The van der Waals surface area contributed by atoms with Crippen LogP contribution >= 0.6 is 0 Å². The molecule has 14 heavy (non-hydrogen) atoms. The summed E-state index contributed by atoms with van der Waals surface area (Å²) in [5.41, 5.74) is 0. The first-order valence-corrected chi connectivity index (χ1v) is 4.86. The van der Waals surface area contributed by atoms with Gasteiger partial charge >= 0.3 is 0 Å². The maximum absolute atomic E-state index is 5.50. The second kappa shape index (κ2) is 6.85. The lowest BCUT2D eigenvalue weighted by Gasteiger charge is -2.29. The lowest BCUT2D eigenvalue weighted by Crippen LogP contribution is -2.37. The molecule has 0 amide bonds. The van der Waals surface area contributed by atoms with Gasteiger partial charge in [-0.3, -0.25) is 0 Å². The molecule has 0 aromatic rings. The fourth-order valence-electron chi connectivity index (χ4n) is 0.864. The predicted octanol–water partition coefficient (Wildman–Crippen LogP) is 2.53. The highest BCUT2D eigenvalue weighted by Gasteiger charge is 2.26. The third-order valence-electron chi connectivity index (χ3n) is 1.57. The Bertz CT molecular complexity index is 157. The molecule has 1 unspecified atom stereocenters. The molecule has 0 aliphatic heterocycles. The zero-order valence-corrected chi connectivity index (χ0v) is 9.58. The van der Waals surface area contributed by atoms with Crippen molar-refractivity contribution in [3.05, 3.63) is 19.3 Å². The number of hydrogen-bond acceptors (Lipinski definition) is 3. The molecule has 0 heterocycles. The number of rotatable bonds is 8. The van der Waals surface area contributed by atoms with Crippen molar-refractivity contribution in [2.24, 2.45) is 0 Å². The minimum atomic E-state index is -0.738. The minimum Gasteiger partial charge on any atom is -0.468 e. The molecule has 1 radical (unpaired) electrons. The van der Waals surface area contributed by atoms with Crippen LogP contribution < -0.4 is 0 Å². The van der Waals surface area contributed by atoms with E-state index in [0.29, 0.717) is 13.2 Å². The van der Waals surface area contributed by atoms with Crippen LogP contribution in [0.5, 0.6) is 0 Å². The van der Waals surface area contributed by atoms with Gasteiger partial charge in [-0.1, -0.05) is 13.5 Å². The largest absolute Gasteiger partial charge is 0.468 e. The topological polar surface area (TPSA) is 27.7 Å². The van der Waals surface area contributed by atoms with Gasteiger partial charge in [-0.15, -0.1) is 0 Å². The zero-order chi connectivity index (χ0) is 11.0. The van der Waals surface area contributed by atoms with Crippen molar-refractivity contribution in [3.8, 4) is 0 Å². The van der Waals surface area contributed by atoms with Gasteiger partial charge in [0.25, 0.3) is 0 Å². The first kappa shape index (κ1) is 13.5. The van der Waals surface area contributed by atoms with Crippen molar-refractivity contribution < 1.29 is 14.2 Å². The number of hydrogen-bond donors (Lipinski definition) is 0. The first-order chi connectivity index (χ1) is 6.54. The Kier molecular flexibility index (Phi) is 6.58. The Morgan fingerprint density at radius 2 is 2.07 bits per heavy atom. The van der Waals surface area contributed by atoms with Crippen LogP contribution in [0.3, 0.4) is 0 Å². The third-order valence-corrected chi connectivity index (χ3v) is 1.57. The minimum absolute atomic E-state index is 0.164. The Morgan fingerprint density at radius 3 is 2.50 bits per heavy atom. The van der Waals surface area contributed by atoms with E-state index in [1.807, 2.05) is 34.1 Å². The lowest BCUT2D eigenvalue weighted by atomic mass is 10.3. The normalized spacial score (nSPS) is 15.2. The summed E-state index contributed by atoms with van der Waals surface area (Å²) in [4.78, 5) is 0. The highest BCUT2D eigenvalue weighted by molar-refractivity contribution is 4.69. The summed E-state index contributed by atoms with van der Waals surface area (Å²) >= 11 is 0. The summed E-state index contributed by atoms with van der Waals surface area (Å²) in [6.45, 7) is 12.1. The van der Waals surface area contributed by atoms with Gasteiger partial charge in [0.1, 0.15) is 6.61 Å². The highest BCUT2D eigenvalue weighted by Crippen LogP contribution is 2.14. The van der Waals surface area contributed by atoms with Crippen LogP contribution in [0.1, 0.15) is 27.7 Å². The Balaban J connectivity index is 4.01. The van der Waals surface area contributed by atoms with Gasteiger partial charge < -0.3 is 14.2 Å².